The van der Waals surface area contributed by atoms with Gasteiger partial charge in [-0.05, 0) is 54.1 Å². The number of nitrogens with zero attached hydrogens (tertiary/aromatic N) is 2. The lowest BCUT2D eigenvalue weighted by atomic mass is 10.1. The highest BCUT2D eigenvalue weighted by Gasteiger charge is 2.37. The fourth-order valence-electron chi connectivity index (χ4n) is 4.19. The maximum absolute atomic E-state index is 13.4. The van der Waals surface area contributed by atoms with Gasteiger partial charge in [-0.1, -0.05) is 59.6 Å². The van der Waals surface area contributed by atoms with Crippen LogP contribution in [0.4, 0.5) is 16.2 Å². The zero-order valence-corrected chi connectivity index (χ0v) is 23.7. The summed E-state index contributed by atoms with van der Waals surface area (Å²) in [6.07, 6.45) is 1.33. The van der Waals surface area contributed by atoms with Crippen molar-refractivity contribution in [3.05, 3.63) is 133 Å². The highest BCUT2D eigenvalue weighted by Crippen LogP contribution is 2.28. The quantitative estimate of drug-likeness (QED) is 0.0954. The second kappa shape index (κ2) is 12.8. The number of nitrogens with one attached hydrogen (secondary N) is 1. The molecule has 0 aliphatic carbocycles. The molecular formula is C31H21Cl2N3O7. The topological polar surface area (TPSA) is 128 Å². The second-order valence-electron chi connectivity index (χ2n) is 9.23. The number of nitro groups is 1. The van der Waals surface area contributed by atoms with Crippen LogP contribution in [0.15, 0.2) is 96.6 Å². The summed E-state index contributed by atoms with van der Waals surface area (Å²) < 4.78 is 11.6. The number of carbonyl (C=O) groups excluding carboxylic acids is 3. The summed E-state index contributed by atoms with van der Waals surface area (Å²) in [4.78, 5) is 50.3. The normalized spacial score (nSPS) is 14.0. The number of nitro benzene ring substituents is 1. The third kappa shape index (κ3) is 6.83. The number of rotatable bonds is 9. The van der Waals surface area contributed by atoms with Gasteiger partial charge in [0.15, 0.2) is 0 Å². The maximum Gasteiger partial charge on any atom is 0.335 e. The maximum atomic E-state index is 13.4. The van der Waals surface area contributed by atoms with E-state index in [4.69, 9.17) is 32.7 Å². The highest BCUT2D eigenvalue weighted by molar-refractivity contribution is 6.39. The molecule has 4 aromatic rings. The van der Waals surface area contributed by atoms with Crippen LogP contribution >= 0.6 is 23.2 Å². The van der Waals surface area contributed by atoms with Crippen LogP contribution < -0.4 is 19.7 Å². The standard InChI is InChI=1S/C31H21Cl2N3O7/c32-22-9-8-21(27(33)16-22)18-42-25-12-10-23(11-13-25)35-30(38)26(29(37)34-31(35)39)15-20-5-1-2-7-28(20)43-17-19-4-3-6-24(14-19)36(40)41/h1-16H,17-18H2,(H,34,37,39)/b26-15+. The Balaban J connectivity index is 1.33. The number of urea groups is 1. The zero-order chi connectivity index (χ0) is 30.5. The van der Waals surface area contributed by atoms with Crippen LogP contribution in [0.3, 0.4) is 0 Å². The van der Waals surface area contributed by atoms with Crippen molar-refractivity contribution in [1.82, 2.24) is 5.32 Å². The molecule has 1 aliphatic rings. The lowest BCUT2D eigenvalue weighted by Gasteiger charge is -2.26. The summed E-state index contributed by atoms with van der Waals surface area (Å²) in [5.41, 5.74) is 1.53. The number of para-hydroxylation sites is 1. The predicted octanol–water partition coefficient (Wildman–Crippen LogP) is 6.73. The van der Waals surface area contributed by atoms with Crippen molar-refractivity contribution in [1.29, 1.82) is 0 Å². The lowest BCUT2D eigenvalue weighted by Crippen LogP contribution is -2.54. The first-order valence-electron chi connectivity index (χ1n) is 12.7. The number of anilines is 1. The first kappa shape index (κ1) is 29.3. The first-order valence-corrected chi connectivity index (χ1v) is 13.5. The Labute approximate surface area is 255 Å². The molecule has 1 saturated heterocycles. The van der Waals surface area contributed by atoms with E-state index in [-0.39, 0.29) is 30.2 Å². The van der Waals surface area contributed by atoms with E-state index in [2.05, 4.69) is 5.32 Å². The molecule has 1 N–H and O–H groups in total. The summed E-state index contributed by atoms with van der Waals surface area (Å²) in [6, 6.07) is 23.0. The predicted molar refractivity (Wildman–Crippen MR) is 160 cm³/mol. The largest absolute Gasteiger partial charge is 0.489 e. The minimum absolute atomic E-state index is 0.00522. The van der Waals surface area contributed by atoms with Crippen molar-refractivity contribution in [2.45, 2.75) is 13.2 Å². The minimum atomic E-state index is -0.899. The number of hydrogen-bond acceptors (Lipinski definition) is 7. The average molecular weight is 618 g/mol. The van der Waals surface area contributed by atoms with E-state index in [1.807, 2.05) is 0 Å². The Morgan fingerprint density at radius 1 is 0.860 bits per heavy atom. The van der Waals surface area contributed by atoms with Crippen LogP contribution in [-0.4, -0.2) is 22.8 Å². The molecule has 43 heavy (non-hydrogen) atoms. The average Bonchev–Trinajstić information content (AvgIpc) is 2.99. The lowest BCUT2D eigenvalue weighted by molar-refractivity contribution is -0.384. The van der Waals surface area contributed by atoms with Gasteiger partial charge in [-0.15, -0.1) is 0 Å². The van der Waals surface area contributed by atoms with E-state index >= 15 is 0 Å². The molecule has 10 nitrogen and oxygen atoms in total. The molecule has 0 spiro atoms. The Hall–Kier alpha value is -5.19. The molecule has 0 atom stereocenters. The van der Waals surface area contributed by atoms with Crippen molar-refractivity contribution >= 4 is 58.5 Å². The fraction of sp³-hybridized carbons (Fsp3) is 0.0645. The molecule has 4 aromatic carbocycles. The van der Waals surface area contributed by atoms with Gasteiger partial charge in [0.1, 0.15) is 30.3 Å². The van der Waals surface area contributed by atoms with Crippen molar-refractivity contribution in [3.63, 3.8) is 0 Å². The van der Waals surface area contributed by atoms with Crippen LogP contribution in [0.5, 0.6) is 11.5 Å². The third-order valence-corrected chi connectivity index (χ3v) is 6.93. The molecule has 4 amide bonds. The number of halogens is 2. The van der Waals surface area contributed by atoms with E-state index in [1.54, 1.807) is 66.7 Å². The van der Waals surface area contributed by atoms with Gasteiger partial charge in [-0.2, -0.15) is 0 Å². The summed E-state index contributed by atoms with van der Waals surface area (Å²) in [7, 11) is 0. The number of amides is 4. The Morgan fingerprint density at radius 2 is 1.63 bits per heavy atom. The van der Waals surface area contributed by atoms with Gasteiger partial charge in [0.25, 0.3) is 17.5 Å². The van der Waals surface area contributed by atoms with Gasteiger partial charge < -0.3 is 9.47 Å². The summed E-state index contributed by atoms with van der Waals surface area (Å²) in [6.45, 7) is 0.174. The Morgan fingerprint density at radius 3 is 2.37 bits per heavy atom. The number of barbiturate groups is 1. The number of ether oxygens (including phenoxy) is 2. The van der Waals surface area contributed by atoms with E-state index in [9.17, 15) is 24.5 Å². The SMILES string of the molecule is O=C1NC(=O)N(c2ccc(OCc3ccc(Cl)cc3Cl)cc2)C(=O)/C1=C/c1ccccc1OCc1cccc([N+](=O)[O-])c1. The fourth-order valence-corrected chi connectivity index (χ4v) is 4.65. The minimum Gasteiger partial charge on any atom is -0.489 e. The molecule has 1 aliphatic heterocycles. The van der Waals surface area contributed by atoms with Crippen LogP contribution in [0.25, 0.3) is 6.08 Å². The van der Waals surface area contributed by atoms with Crippen LogP contribution in [-0.2, 0) is 22.8 Å². The number of non-ortho nitro benzene ring substituents is 1. The Bertz CT molecular complexity index is 1770. The summed E-state index contributed by atoms with van der Waals surface area (Å²) >= 11 is 12.1. The third-order valence-electron chi connectivity index (χ3n) is 6.34. The van der Waals surface area contributed by atoms with E-state index < -0.39 is 22.8 Å². The molecule has 216 valence electrons. The summed E-state index contributed by atoms with van der Waals surface area (Å²) in [5, 5.41) is 14.2. The monoisotopic (exact) mass is 617 g/mol. The molecule has 0 bridgehead atoms. The zero-order valence-electron chi connectivity index (χ0n) is 22.2. The molecule has 0 aromatic heterocycles. The van der Waals surface area contributed by atoms with E-state index in [1.165, 1.54) is 30.3 Å². The molecule has 12 heteroatoms. The van der Waals surface area contributed by atoms with Gasteiger partial charge in [0, 0.05) is 33.3 Å². The molecule has 0 radical (unpaired) electrons. The van der Waals surface area contributed by atoms with Crippen molar-refractivity contribution in [2.24, 2.45) is 0 Å². The smallest absolute Gasteiger partial charge is 0.335 e. The second-order valence-corrected chi connectivity index (χ2v) is 10.1. The van der Waals surface area contributed by atoms with Gasteiger partial charge in [0.2, 0.25) is 0 Å². The molecular weight excluding hydrogens is 597 g/mol. The van der Waals surface area contributed by atoms with Gasteiger partial charge in [-0.25, -0.2) is 9.69 Å². The first-order chi connectivity index (χ1) is 20.7. The molecule has 1 heterocycles. The highest BCUT2D eigenvalue weighted by atomic mass is 35.5. The summed E-state index contributed by atoms with van der Waals surface area (Å²) in [5.74, 6) is -0.905. The number of hydrogen-bond donors (Lipinski definition) is 1. The number of benzene rings is 4. The van der Waals surface area contributed by atoms with E-state index in [0.29, 0.717) is 32.7 Å². The molecule has 0 saturated carbocycles. The van der Waals surface area contributed by atoms with Gasteiger partial charge in [-0.3, -0.25) is 25.0 Å². The van der Waals surface area contributed by atoms with Crippen molar-refractivity contribution in [3.8, 4) is 11.5 Å². The molecule has 0 unspecified atom stereocenters. The van der Waals surface area contributed by atoms with Crippen LogP contribution in [0, 0.1) is 10.1 Å². The van der Waals surface area contributed by atoms with Crippen molar-refractivity contribution in [2.75, 3.05) is 4.90 Å². The van der Waals surface area contributed by atoms with Gasteiger partial charge >= 0.3 is 6.03 Å². The number of carbonyl (C=O) groups is 3. The number of imide groups is 2. The van der Waals surface area contributed by atoms with E-state index in [0.717, 1.165) is 10.5 Å². The van der Waals surface area contributed by atoms with Crippen LogP contribution in [0.1, 0.15) is 16.7 Å². The van der Waals surface area contributed by atoms with Crippen molar-refractivity contribution < 1.29 is 28.8 Å². The van der Waals surface area contributed by atoms with Gasteiger partial charge in [0.05, 0.1) is 10.6 Å². The molecule has 5 rings (SSSR count). The van der Waals surface area contributed by atoms with Crippen LogP contribution in [0.2, 0.25) is 10.0 Å². The molecule has 1 fully saturated rings. The Kier molecular flexibility index (Phi) is 8.70.